The number of nitrogens with one attached hydrogen (secondary N) is 1. The lowest BCUT2D eigenvalue weighted by molar-refractivity contribution is -0.119. The summed E-state index contributed by atoms with van der Waals surface area (Å²) in [5, 5.41) is 2.75. The van der Waals surface area contributed by atoms with Crippen molar-refractivity contribution in [2.45, 2.75) is 0 Å². The highest BCUT2D eigenvalue weighted by Crippen LogP contribution is 2.30. The zero-order valence-corrected chi connectivity index (χ0v) is 11.6. The van der Waals surface area contributed by atoms with Gasteiger partial charge in [0.05, 0.1) is 31.6 Å². The van der Waals surface area contributed by atoms with Crippen LogP contribution < -0.4 is 20.7 Å². The van der Waals surface area contributed by atoms with Gasteiger partial charge in [0, 0.05) is 20.7 Å². The van der Waals surface area contributed by atoms with Crippen LogP contribution in [-0.4, -0.2) is 46.9 Å². The van der Waals surface area contributed by atoms with Crippen molar-refractivity contribution in [1.29, 1.82) is 0 Å². The van der Waals surface area contributed by atoms with Crippen molar-refractivity contribution < 1.29 is 14.3 Å². The summed E-state index contributed by atoms with van der Waals surface area (Å²) in [6, 6.07) is 5.47. The topological polar surface area (TPSA) is 76.8 Å². The lowest BCUT2D eigenvalue weighted by Gasteiger charge is -2.21. The Kier molecular flexibility index (Phi) is 5.95. The predicted molar refractivity (Wildman–Crippen MR) is 75.6 cm³/mol. The molecule has 0 saturated carbocycles. The maximum atomic E-state index is 11.7. The number of anilines is 2. The molecule has 0 atom stereocenters. The molecular weight excluding hydrogens is 246 g/mol. The van der Waals surface area contributed by atoms with E-state index >= 15 is 0 Å². The lowest BCUT2D eigenvalue weighted by Crippen LogP contribution is -2.36. The fourth-order valence-electron chi connectivity index (χ4n) is 1.69. The predicted octanol–water partition coefficient (Wildman–Crippen LogP) is 0.476. The maximum absolute atomic E-state index is 11.7. The van der Waals surface area contributed by atoms with Gasteiger partial charge in [0.15, 0.2) is 0 Å². The molecule has 1 aromatic rings. The SMILES string of the molecule is COCCNC(=O)CN(C)c1cccc(OC)c1N. The largest absolute Gasteiger partial charge is 0.495 e. The lowest BCUT2D eigenvalue weighted by atomic mass is 10.2. The molecule has 0 fully saturated rings. The molecule has 0 aliphatic rings. The van der Waals surface area contributed by atoms with Crippen LogP contribution in [0.3, 0.4) is 0 Å². The number of amides is 1. The van der Waals surface area contributed by atoms with Gasteiger partial charge in [-0.1, -0.05) is 6.07 Å². The van der Waals surface area contributed by atoms with Gasteiger partial charge in [-0.3, -0.25) is 4.79 Å². The molecule has 0 spiro atoms. The van der Waals surface area contributed by atoms with Gasteiger partial charge >= 0.3 is 0 Å². The summed E-state index contributed by atoms with van der Waals surface area (Å²) in [7, 11) is 4.96. The van der Waals surface area contributed by atoms with Crippen LogP contribution in [-0.2, 0) is 9.53 Å². The van der Waals surface area contributed by atoms with Crippen molar-refractivity contribution in [3.05, 3.63) is 18.2 Å². The van der Waals surface area contributed by atoms with Gasteiger partial charge in [-0.05, 0) is 12.1 Å². The third-order valence-electron chi connectivity index (χ3n) is 2.68. The van der Waals surface area contributed by atoms with Crippen molar-refractivity contribution in [1.82, 2.24) is 5.32 Å². The van der Waals surface area contributed by atoms with Crippen LogP contribution in [0, 0.1) is 0 Å². The molecule has 0 aromatic heterocycles. The van der Waals surface area contributed by atoms with Crippen LogP contribution in [0.15, 0.2) is 18.2 Å². The second-order valence-electron chi connectivity index (χ2n) is 4.09. The summed E-state index contributed by atoms with van der Waals surface area (Å²) in [4.78, 5) is 13.5. The highest BCUT2D eigenvalue weighted by molar-refractivity contribution is 5.84. The molecule has 0 heterocycles. The number of benzene rings is 1. The number of para-hydroxylation sites is 1. The van der Waals surface area contributed by atoms with Crippen molar-refractivity contribution in [3.8, 4) is 5.75 Å². The van der Waals surface area contributed by atoms with Crippen molar-refractivity contribution >= 4 is 17.3 Å². The number of nitrogens with two attached hydrogens (primary N) is 1. The second kappa shape index (κ2) is 7.48. The summed E-state index contributed by atoms with van der Waals surface area (Å²) in [5.41, 5.74) is 7.26. The van der Waals surface area contributed by atoms with Crippen LogP contribution in [0.2, 0.25) is 0 Å². The molecule has 0 aliphatic heterocycles. The van der Waals surface area contributed by atoms with E-state index in [4.69, 9.17) is 15.2 Å². The minimum atomic E-state index is -0.0817. The Hall–Kier alpha value is -1.95. The number of hydrogen-bond acceptors (Lipinski definition) is 5. The second-order valence-corrected chi connectivity index (χ2v) is 4.09. The first kappa shape index (κ1) is 15.1. The van der Waals surface area contributed by atoms with E-state index in [1.54, 1.807) is 32.2 Å². The minimum absolute atomic E-state index is 0.0817. The first-order chi connectivity index (χ1) is 9.10. The standard InChI is InChI=1S/C13H21N3O3/c1-16(9-12(17)15-7-8-18-2)10-5-4-6-11(19-3)13(10)14/h4-6H,7-9,14H2,1-3H3,(H,15,17). The quantitative estimate of drug-likeness (QED) is 0.555. The molecule has 106 valence electrons. The third kappa shape index (κ3) is 4.33. The van der Waals surface area contributed by atoms with E-state index in [0.29, 0.717) is 24.6 Å². The normalized spacial score (nSPS) is 10.1. The molecule has 6 heteroatoms. The third-order valence-corrected chi connectivity index (χ3v) is 2.68. The molecule has 19 heavy (non-hydrogen) atoms. The van der Waals surface area contributed by atoms with Gasteiger partial charge in [-0.2, -0.15) is 0 Å². The molecule has 1 aromatic carbocycles. The van der Waals surface area contributed by atoms with E-state index in [0.717, 1.165) is 5.69 Å². The van der Waals surface area contributed by atoms with Crippen LogP contribution in [0.4, 0.5) is 11.4 Å². The molecular formula is C13H21N3O3. The number of nitrogen functional groups attached to an aromatic ring is 1. The average Bonchev–Trinajstić information content (AvgIpc) is 2.39. The number of methoxy groups -OCH3 is 2. The Bertz CT molecular complexity index is 424. The summed E-state index contributed by atoms with van der Waals surface area (Å²) in [6.45, 7) is 1.22. The van der Waals surface area contributed by atoms with Crippen LogP contribution >= 0.6 is 0 Å². The Morgan fingerprint density at radius 3 is 2.79 bits per heavy atom. The van der Waals surface area contributed by atoms with Crippen LogP contribution in [0.1, 0.15) is 0 Å². The van der Waals surface area contributed by atoms with Gasteiger partial charge in [-0.25, -0.2) is 0 Å². The molecule has 0 radical (unpaired) electrons. The number of carbonyl (C=O) groups excluding carboxylic acids is 1. The Morgan fingerprint density at radius 2 is 2.16 bits per heavy atom. The number of carbonyl (C=O) groups is 1. The Balaban J connectivity index is 2.62. The number of hydrogen-bond donors (Lipinski definition) is 2. The summed E-state index contributed by atoms with van der Waals surface area (Å²) < 4.78 is 10.0. The fourth-order valence-corrected chi connectivity index (χ4v) is 1.69. The molecule has 0 aliphatic carbocycles. The van der Waals surface area contributed by atoms with E-state index < -0.39 is 0 Å². The highest BCUT2D eigenvalue weighted by Gasteiger charge is 2.12. The van der Waals surface area contributed by atoms with Gasteiger partial charge in [0.25, 0.3) is 0 Å². The van der Waals surface area contributed by atoms with E-state index in [1.165, 1.54) is 0 Å². The number of nitrogens with zero attached hydrogens (tertiary/aromatic N) is 1. The first-order valence-electron chi connectivity index (χ1n) is 5.99. The molecule has 1 amide bonds. The maximum Gasteiger partial charge on any atom is 0.239 e. The smallest absolute Gasteiger partial charge is 0.239 e. The average molecular weight is 267 g/mol. The van der Waals surface area contributed by atoms with Gasteiger partial charge in [0.2, 0.25) is 5.91 Å². The molecule has 0 saturated heterocycles. The van der Waals surface area contributed by atoms with Gasteiger partial charge in [-0.15, -0.1) is 0 Å². The number of rotatable bonds is 7. The van der Waals surface area contributed by atoms with Crippen molar-refractivity contribution in [3.63, 3.8) is 0 Å². The zero-order chi connectivity index (χ0) is 14.3. The summed E-state index contributed by atoms with van der Waals surface area (Å²) in [5.74, 6) is 0.519. The number of likely N-dealkylation sites (N-methyl/N-ethyl adjacent to an activating group) is 1. The van der Waals surface area contributed by atoms with Crippen LogP contribution in [0.5, 0.6) is 5.75 Å². The monoisotopic (exact) mass is 267 g/mol. The van der Waals surface area contributed by atoms with Crippen molar-refractivity contribution in [2.24, 2.45) is 0 Å². The van der Waals surface area contributed by atoms with Crippen molar-refractivity contribution in [2.75, 3.05) is 51.6 Å². The molecule has 0 bridgehead atoms. The summed E-state index contributed by atoms with van der Waals surface area (Å²) >= 11 is 0. The highest BCUT2D eigenvalue weighted by atomic mass is 16.5. The summed E-state index contributed by atoms with van der Waals surface area (Å²) in [6.07, 6.45) is 0. The Morgan fingerprint density at radius 1 is 1.42 bits per heavy atom. The van der Waals surface area contributed by atoms with Crippen LogP contribution in [0.25, 0.3) is 0 Å². The minimum Gasteiger partial charge on any atom is -0.495 e. The van der Waals surface area contributed by atoms with E-state index in [-0.39, 0.29) is 12.5 Å². The fraction of sp³-hybridized carbons (Fsp3) is 0.462. The first-order valence-corrected chi connectivity index (χ1v) is 5.99. The Labute approximate surface area is 113 Å². The van der Waals surface area contributed by atoms with E-state index in [9.17, 15) is 4.79 Å². The van der Waals surface area contributed by atoms with Gasteiger partial charge in [0.1, 0.15) is 5.75 Å². The molecule has 3 N–H and O–H groups in total. The molecule has 1 rings (SSSR count). The number of ether oxygens (including phenoxy) is 2. The van der Waals surface area contributed by atoms with Gasteiger partial charge < -0.3 is 25.4 Å². The molecule has 6 nitrogen and oxygen atoms in total. The molecule has 0 unspecified atom stereocenters. The van der Waals surface area contributed by atoms with E-state index in [2.05, 4.69) is 5.32 Å². The van der Waals surface area contributed by atoms with E-state index in [1.807, 2.05) is 12.1 Å². The zero-order valence-electron chi connectivity index (χ0n) is 11.6.